The number of aromatic nitrogens is 2. The fourth-order valence-electron chi connectivity index (χ4n) is 4.38. The molecule has 0 unspecified atom stereocenters. The minimum atomic E-state index is -4.17. The number of carbonyl (C=O) groups excluding carboxylic acids is 1. The average molecular weight is 627 g/mol. The van der Waals surface area contributed by atoms with Gasteiger partial charge in [-0.1, -0.05) is 40.9 Å². The number of fused-ring (bicyclic) bond motifs is 3. The number of hydrogen-bond donors (Lipinski definition) is 3. The number of nitrogens with two attached hydrogens (primary N) is 2. The summed E-state index contributed by atoms with van der Waals surface area (Å²) in [7, 11) is -8.09. The zero-order valence-corrected chi connectivity index (χ0v) is 23.6. The molecule has 0 fully saturated rings. The lowest BCUT2D eigenvalue weighted by Crippen LogP contribution is -2.16. The molecule has 1 heterocycles. The van der Waals surface area contributed by atoms with E-state index in [2.05, 4.69) is 9.82 Å². The van der Waals surface area contributed by atoms with Crippen molar-refractivity contribution >= 4 is 66.4 Å². The molecule has 202 valence electrons. The lowest BCUT2D eigenvalue weighted by Gasteiger charge is -2.20. The summed E-state index contributed by atoms with van der Waals surface area (Å²) in [6.07, 6.45) is 1.00. The zero-order chi connectivity index (χ0) is 28.3. The van der Waals surface area contributed by atoms with Gasteiger partial charge in [-0.3, -0.25) is 9.52 Å². The average Bonchev–Trinajstić information content (AvgIpc) is 3.26. The molecule has 1 aromatic heterocycles. The van der Waals surface area contributed by atoms with Gasteiger partial charge in [-0.05, 0) is 66.9 Å². The second-order valence-corrected chi connectivity index (χ2v) is 13.1. The summed E-state index contributed by atoms with van der Waals surface area (Å²) in [5, 5.41) is 9.64. The van der Waals surface area contributed by atoms with Gasteiger partial charge >= 0.3 is 0 Å². The van der Waals surface area contributed by atoms with Crippen molar-refractivity contribution in [2.75, 3.05) is 4.72 Å². The molecule has 5 rings (SSSR count). The second-order valence-electron chi connectivity index (χ2n) is 8.66. The first-order chi connectivity index (χ1) is 18.3. The van der Waals surface area contributed by atoms with Crippen LogP contribution in [0.5, 0.6) is 0 Å². The van der Waals surface area contributed by atoms with E-state index in [4.69, 9.17) is 45.7 Å². The SMILES string of the molecule is NC(=O)c1nn(-c2ccc(S(N)(=O)=O)cc2)c2c1CCc1ccc(NS(=O)(=O)c3cc(Cl)c(Cl)cc3Cl)cc1-2. The molecule has 0 saturated heterocycles. The minimum absolute atomic E-state index is 0.0212. The number of hydrogen-bond acceptors (Lipinski definition) is 6. The van der Waals surface area contributed by atoms with Gasteiger partial charge in [-0.2, -0.15) is 5.10 Å². The van der Waals surface area contributed by atoms with Crippen LogP contribution in [0.3, 0.4) is 0 Å². The van der Waals surface area contributed by atoms with E-state index in [1.54, 1.807) is 18.2 Å². The van der Waals surface area contributed by atoms with Crippen LogP contribution in [0, 0.1) is 0 Å². The van der Waals surface area contributed by atoms with Crippen molar-refractivity contribution < 1.29 is 21.6 Å². The number of sulfonamides is 2. The number of primary sulfonamides is 1. The number of aryl methyl sites for hydroxylation is 1. The number of carbonyl (C=O) groups is 1. The van der Waals surface area contributed by atoms with Gasteiger partial charge in [-0.15, -0.1) is 0 Å². The summed E-state index contributed by atoms with van der Waals surface area (Å²) >= 11 is 18.1. The third kappa shape index (κ3) is 5.11. The maximum Gasteiger partial charge on any atom is 0.269 e. The summed E-state index contributed by atoms with van der Waals surface area (Å²) in [6, 6.07) is 13.0. The summed E-state index contributed by atoms with van der Waals surface area (Å²) in [5.74, 6) is -0.735. The molecule has 4 aromatic rings. The van der Waals surface area contributed by atoms with Crippen molar-refractivity contribution in [1.29, 1.82) is 0 Å². The Hall–Kier alpha value is -3.13. The third-order valence-electron chi connectivity index (χ3n) is 6.15. The van der Waals surface area contributed by atoms with Crippen LogP contribution < -0.4 is 15.6 Å². The van der Waals surface area contributed by atoms with Crippen LogP contribution in [-0.4, -0.2) is 32.5 Å². The Balaban J connectivity index is 1.62. The molecule has 39 heavy (non-hydrogen) atoms. The monoisotopic (exact) mass is 625 g/mol. The van der Waals surface area contributed by atoms with E-state index in [1.165, 1.54) is 35.0 Å². The molecule has 1 aliphatic rings. The lowest BCUT2D eigenvalue weighted by molar-refractivity contribution is 0.0994. The Kier molecular flexibility index (Phi) is 6.90. The number of nitrogens with zero attached hydrogens (tertiary/aromatic N) is 2. The Morgan fingerprint density at radius 2 is 1.56 bits per heavy atom. The van der Waals surface area contributed by atoms with Crippen molar-refractivity contribution in [1.82, 2.24) is 9.78 Å². The van der Waals surface area contributed by atoms with Crippen LogP contribution in [0.1, 0.15) is 21.6 Å². The topological polar surface area (TPSA) is 167 Å². The highest BCUT2D eigenvalue weighted by molar-refractivity contribution is 7.92. The van der Waals surface area contributed by atoms with E-state index < -0.39 is 26.0 Å². The van der Waals surface area contributed by atoms with Gasteiger partial charge < -0.3 is 5.73 Å². The first-order valence-corrected chi connectivity index (χ1v) is 15.3. The van der Waals surface area contributed by atoms with Crippen molar-refractivity contribution in [3.8, 4) is 16.9 Å². The lowest BCUT2D eigenvalue weighted by atomic mass is 9.88. The van der Waals surface area contributed by atoms with Gasteiger partial charge in [-0.25, -0.2) is 26.7 Å². The summed E-state index contributed by atoms with van der Waals surface area (Å²) in [4.78, 5) is 11.9. The van der Waals surface area contributed by atoms with E-state index in [1.807, 2.05) is 0 Å². The Labute approximate surface area is 238 Å². The number of anilines is 1. The van der Waals surface area contributed by atoms with Gasteiger partial charge in [0.25, 0.3) is 15.9 Å². The first kappa shape index (κ1) is 27.4. The van der Waals surface area contributed by atoms with Gasteiger partial charge in [0.2, 0.25) is 10.0 Å². The Bertz CT molecular complexity index is 1890. The number of primary amides is 1. The van der Waals surface area contributed by atoms with Gasteiger partial charge in [0.05, 0.1) is 31.3 Å². The molecule has 0 radical (unpaired) electrons. The summed E-state index contributed by atoms with van der Waals surface area (Å²) in [6.45, 7) is 0. The van der Waals surface area contributed by atoms with Crippen molar-refractivity contribution in [3.63, 3.8) is 0 Å². The van der Waals surface area contributed by atoms with Crippen LogP contribution in [0.2, 0.25) is 15.1 Å². The summed E-state index contributed by atoms with van der Waals surface area (Å²) in [5.41, 5.74) is 8.89. The molecule has 0 bridgehead atoms. The van der Waals surface area contributed by atoms with E-state index in [9.17, 15) is 21.6 Å². The van der Waals surface area contributed by atoms with Crippen LogP contribution in [-0.2, 0) is 32.9 Å². The number of nitrogens with one attached hydrogen (secondary N) is 1. The Morgan fingerprint density at radius 3 is 2.21 bits per heavy atom. The van der Waals surface area contributed by atoms with E-state index in [-0.39, 0.29) is 36.2 Å². The van der Waals surface area contributed by atoms with Crippen LogP contribution in [0.15, 0.2) is 64.4 Å². The molecule has 5 N–H and O–H groups in total. The van der Waals surface area contributed by atoms with E-state index in [0.29, 0.717) is 35.3 Å². The molecule has 10 nitrogen and oxygen atoms in total. The molecule has 1 aliphatic carbocycles. The number of halogens is 3. The molecular weight excluding hydrogens is 609 g/mol. The predicted molar refractivity (Wildman–Crippen MR) is 149 cm³/mol. The van der Waals surface area contributed by atoms with Crippen molar-refractivity contribution in [2.24, 2.45) is 10.9 Å². The Morgan fingerprint density at radius 1 is 0.897 bits per heavy atom. The normalized spacial score (nSPS) is 13.0. The van der Waals surface area contributed by atoms with E-state index in [0.717, 1.165) is 11.6 Å². The highest BCUT2D eigenvalue weighted by atomic mass is 35.5. The molecule has 0 saturated carbocycles. The smallest absolute Gasteiger partial charge is 0.269 e. The molecule has 1 amide bonds. The second kappa shape index (κ2) is 9.81. The molecule has 3 aromatic carbocycles. The van der Waals surface area contributed by atoms with Gasteiger partial charge in [0, 0.05) is 16.8 Å². The number of amides is 1. The van der Waals surface area contributed by atoms with Crippen molar-refractivity contribution in [2.45, 2.75) is 22.6 Å². The minimum Gasteiger partial charge on any atom is -0.364 e. The first-order valence-electron chi connectivity index (χ1n) is 11.1. The standard InChI is InChI=1S/C24H18Cl3N5O5S2/c25-18-10-20(27)21(11-19(18)26)39(36,37)31-13-3-1-12-2-8-16-22(24(28)33)30-32(23(16)17(12)9-13)14-4-6-15(7-5-14)38(29,34)35/h1,3-7,9-11,31H,2,8H2,(H2,28,33)(H2,29,34,35). The highest BCUT2D eigenvalue weighted by Crippen LogP contribution is 2.39. The fraction of sp³-hybridized carbons (Fsp3) is 0.0833. The quantitative estimate of drug-likeness (QED) is 0.272. The highest BCUT2D eigenvalue weighted by Gasteiger charge is 2.29. The zero-order valence-electron chi connectivity index (χ0n) is 19.7. The van der Waals surface area contributed by atoms with Crippen LogP contribution in [0.4, 0.5) is 5.69 Å². The molecule has 0 spiro atoms. The molecule has 15 heteroatoms. The maximum atomic E-state index is 13.2. The number of benzene rings is 3. The third-order valence-corrected chi connectivity index (χ3v) is 9.65. The molecular formula is C24H18Cl3N5O5S2. The fourth-order valence-corrected chi connectivity index (χ4v) is 6.95. The summed E-state index contributed by atoms with van der Waals surface area (Å²) < 4.78 is 53.7. The van der Waals surface area contributed by atoms with Gasteiger partial charge in [0.15, 0.2) is 5.69 Å². The predicted octanol–water partition coefficient (Wildman–Crippen LogP) is 4.15. The van der Waals surface area contributed by atoms with E-state index >= 15 is 0 Å². The van der Waals surface area contributed by atoms with Crippen molar-refractivity contribution in [3.05, 3.63) is 86.5 Å². The largest absolute Gasteiger partial charge is 0.364 e. The molecule has 0 aliphatic heterocycles. The molecule has 0 atom stereocenters. The number of rotatable bonds is 6. The maximum absolute atomic E-state index is 13.2. The van der Waals surface area contributed by atoms with Crippen LogP contribution in [0.25, 0.3) is 16.9 Å². The van der Waals surface area contributed by atoms with Gasteiger partial charge in [0.1, 0.15) is 4.90 Å². The van der Waals surface area contributed by atoms with Crippen LogP contribution >= 0.6 is 34.8 Å².